The molecule has 0 atom stereocenters. The second-order valence-corrected chi connectivity index (χ2v) is 5.31. The third kappa shape index (κ3) is 3.93. The first-order valence-electron chi connectivity index (χ1n) is 7.34. The molecule has 0 aliphatic carbocycles. The van der Waals surface area contributed by atoms with Gasteiger partial charge in [-0.3, -0.25) is 0 Å². The number of alkyl halides is 3. The number of nitrogens with two attached hydrogens (primary N) is 2. The number of amides is 1. The molecule has 1 aromatic carbocycles. The second-order valence-electron chi connectivity index (χ2n) is 5.31. The molecule has 0 fully saturated rings. The molecule has 5 N–H and O–H groups in total. The van der Waals surface area contributed by atoms with E-state index >= 15 is 0 Å². The number of hydrogen-bond acceptors (Lipinski definition) is 4. The molecule has 1 heterocycles. The fourth-order valence-corrected chi connectivity index (χ4v) is 2.38. The maximum atomic E-state index is 13.0. The van der Waals surface area contributed by atoms with Crippen LogP contribution in [0.1, 0.15) is 18.2 Å². The van der Waals surface area contributed by atoms with Gasteiger partial charge in [0.2, 0.25) is 0 Å². The summed E-state index contributed by atoms with van der Waals surface area (Å²) in [6, 6.07) is 7.31. The fourth-order valence-electron chi connectivity index (χ4n) is 2.38. The number of carbonyl (C=O) groups is 1. The minimum atomic E-state index is -4.68. The quantitative estimate of drug-likeness (QED) is 0.780. The van der Waals surface area contributed by atoms with E-state index < -0.39 is 23.8 Å². The van der Waals surface area contributed by atoms with Gasteiger partial charge < -0.3 is 21.5 Å². The van der Waals surface area contributed by atoms with Gasteiger partial charge in [0.05, 0.1) is 5.69 Å². The van der Waals surface area contributed by atoms with Crippen molar-refractivity contribution in [2.45, 2.75) is 19.6 Å². The lowest BCUT2D eigenvalue weighted by atomic mass is 9.97. The standard InChI is InChI=1S/C16H17F3N4O2/c1-2-23(15(24)25)8-9-5-3-4-6-10(9)11-7-12(16(17,18)19)22-14(21)13(11)20/h3-7H,2,8,20H2,1H3,(H2,21,22)(H,24,25). The van der Waals surface area contributed by atoms with Crippen molar-refractivity contribution in [1.82, 2.24) is 9.88 Å². The number of aromatic nitrogens is 1. The van der Waals surface area contributed by atoms with Crippen LogP contribution in [0.15, 0.2) is 30.3 Å². The van der Waals surface area contributed by atoms with Crippen LogP contribution in [-0.2, 0) is 12.7 Å². The average molecular weight is 354 g/mol. The van der Waals surface area contributed by atoms with Gasteiger partial charge in [0.1, 0.15) is 11.5 Å². The summed E-state index contributed by atoms with van der Waals surface area (Å²) in [6.07, 6.45) is -5.81. The lowest BCUT2D eigenvalue weighted by molar-refractivity contribution is -0.141. The molecule has 0 radical (unpaired) electrons. The molecule has 2 aromatic rings. The highest BCUT2D eigenvalue weighted by molar-refractivity contribution is 5.84. The Hall–Kier alpha value is -2.97. The molecule has 0 aliphatic rings. The topological polar surface area (TPSA) is 105 Å². The maximum Gasteiger partial charge on any atom is 0.433 e. The fraction of sp³-hybridized carbons (Fsp3) is 0.250. The number of halogens is 3. The summed E-state index contributed by atoms with van der Waals surface area (Å²) in [6.45, 7) is 1.90. The number of anilines is 2. The molecule has 0 aliphatic heterocycles. The van der Waals surface area contributed by atoms with Gasteiger partial charge in [-0.15, -0.1) is 0 Å². The van der Waals surface area contributed by atoms with E-state index in [0.717, 1.165) is 11.0 Å². The van der Waals surface area contributed by atoms with Crippen molar-refractivity contribution < 1.29 is 23.1 Å². The number of nitrogens with zero attached hydrogens (tertiary/aromatic N) is 2. The van der Waals surface area contributed by atoms with Gasteiger partial charge in [0.15, 0.2) is 0 Å². The average Bonchev–Trinajstić information content (AvgIpc) is 2.54. The molecule has 134 valence electrons. The molecule has 0 spiro atoms. The molecule has 0 saturated heterocycles. The Morgan fingerprint density at radius 3 is 2.44 bits per heavy atom. The molecular weight excluding hydrogens is 337 g/mol. The van der Waals surface area contributed by atoms with E-state index in [1.54, 1.807) is 31.2 Å². The number of nitrogen functional groups attached to an aromatic ring is 2. The van der Waals surface area contributed by atoms with Crippen LogP contribution in [0.2, 0.25) is 0 Å². The molecular formula is C16H17F3N4O2. The molecule has 9 heteroatoms. The van der Waals surface area contributed by atoms with Crippen molar-refractivity contribution in [3.63, 3.8) is 0 Å². The first-order chi connectivity index (χ1) is 11.6. The maximum absolute atomic E-state index is 13.0. The smallest absolute Gasteiger partial charge is 0.433 e. The van der Waals surface area contributed by atoms with Crippen LogP contribution in [0.25, 0.3) is 11.1 Å². The highest BCUT2D eigenvalue weighted by atomic mass is 19.4. The van der Waals surface area contributed by atoms with E-state index in [1.165, 1.54) is 0 Å². The van der Waals surface area contributed by atoms with Gasteiger partial charge in [0, 0.05) is 18.7 Å². The number of hydrogen-bond donors (Lipinski definition) is 3. The van der Waals surface area contributed by atoms with Gasteiger partial charge >= 0.3 is 12.3 Å². The van der Waals surface area contributed by atoms with Crippen molar-refractivity contribution in [1.29, 1.82) is 0 Å². The highest BCUT2D eigenvalue weighted by Crippen LogP contribution is 2.37. The van der Waals surface area contributed by atoms with E-state index in [2.05, 4.69) is 4.98 Å². The van der Waals surface area contributed by atoms with Gasteiger partial charge in [-0.25, -0.2) is 9.78 Å². The van der Waals surface area contributed by atoms with E-state index in [1.807, 2.05) is 0 Å². The third-order valence-electron chi connectivity index (χ3n) is 3.70. The summed E-state index contributed by atoms with van der Waals surface area (Å²) >= 11 is 0. The minimum Gasteiger partial charge on any atom is -0.465 e. The monoisotopic (exact) mass is 354 g/mol. The lowest BCUT2D eigenvalue weighted by Crippen LogP contribution is -2.28. The molecule has 0 bridgehead atoms. The Labute approximate surface area is 141 Å². The molecule has 1 aromatic heterocycles. The lowest BCUT2D eigenvalue weighted by Gasteiger charge is -2.20. The van der Waals surface area contributed by atoms with E-state index in [9.17, 15) is 18.0 Å². The zero-order chi connectivity index (χ0) is 18.8. The van der Waals surface area contributed by atoms with Gasteiger partial charge in [-0.2, -0.15) is 13.2 Å². The first kappa shape index (κ1) is 18.4. The highest BCUT2D eigenvalue weighted by Gasteiger charge is 2.34. The van der Waals surface area contributed by atoms with E-state index in [-0.39, 0.29) is 24.3 Å². The van der Waals surface area contributed by atoms with Crippen LogP contribution in [0.4, 0.5) is 29.5 Å². The second kappa shape index (κ2) is 6.88. The van der Waals surface area contributed by atoms with E-state index in [4.69, 9.17) is 16.6 Å². The summed E-state index contributed by atoms with van der Waals surface area (Å²) < 4.78 is 39.1. The zero-order valence-corrected chi connectivity index (χ0v) is 13.3. The summed E-state index contributed by atoms with van der Waals surface area (Å²) in [7, 11) is 0. The summed E-state index contributed by atoms with van der Waals surface area (Å²) in [5.41, 5.74) is 11.1. The molecule has 2 rings (SSSR count). The van der Waals surface area contributed by atoms with Crippen LogP contribution in [0, 0.1) is 0 Å². The summed E-state index contributed by atoms with van der Waals surface area (Å²) in [4.78, 5) is 15.6. The third-order valence-corrected chi connectivity index (χ3v) is 3.70. The first-order valence-corrected chi connectivity index (χ1v) is 7.34. The van der Waals surface area contributed by atoms with Crippen molar-refractivity contribution in [2.75, 3.05) is 18.0 Å². The normalized spacial score (nSPS) is 11.4. The van der Waals surface area contributed by atoms with Crippen molar-refractivity contribution >= 4 is 17.6 Å². The van der Waals surface area contributed by atoms with Crippen LogP contribution in [-0.4, -0.2) is 27.6 Å². The Bertz CT molecular complexity index is 793. The Morgan fingerprint density at radius 1 is 1.24 bits per heavy atom. The molecule has 0 saturated carbocycles. The van der Waals surface area contributed by atoms with E-state index in [0.29, 0.717) is 11.1 Å². The van der Waals surface area contributed by atoms with Crippen molar-refractivity contribution in [3.05, 3.63) is 41.6 Å². The Kier molecular flexibility index (Phi) is 5.05. The predicted octanol–water partition coefficient (Wildman–Crippen LogP) is 3.43. The Balaban J connectivity index is 2.60. The zero-order valence-electron chi connectivity index (χ0n) is 13.3. The van der Waals surface area contributed by atoms with Gasteiger partial charge in [-0.1, -0.05) is 24.3 Å². The number of rotatable bonds is 4. The molecule has 25 heavy (non-hydrogen) atoms. The molecule has 6 nitrogen and oxygen atoms in total. The van der Waals surface area contributed by atoms with Crippen molar-refractivity contribution in [2.24, 2.45) is 0 Å². The minimum absolute atomic E-state index is 0.00499. The summed E-state index contributed by atoms with van der Waals surface area (Å²) in [5, 5.41) is 9.17. The van der Waals surface area contributed by atoms with Gasteiger partial charge in [-0.05, 0) is 24.1 Å². The van der Waals surface area contributed by atoms with Crippen LogP contribution < -0.4 is 11.5 Å². The number of carboxylic acid groups (broad SMARTS) is 1. The van der Waals surface area contributed by atoms with Crippen LogP contribution in [0.5, 0.6) is 0 Å². The Morgan fingerprint density at radius 2 is 1.88 bits per heavy atom. The number of pyridine rings is 1. The molecule has 1 amide bonds. The molecule has 0 unspecified atom stereocenters. The van der Waals surface area contributed by atoms with Crippen LogP contribution in [0.3, 0.4) is 0 Å². The van der Waals surface area contributed by atoms with Gasteiger partial charge in [0.25, 0.3) is 0 Å². The van der Waals surface area contributed by atoms with Crippen LogP contribution >= 0.6 is 0 Å². The largest absolute Gasteiger partial charge is 0.465 e. The number of benzene rings is 1. The van der Waals surface area contributed by atoms with Crippen molar-refractivity contribution in [3.8, 4) is 11.1 Å². The summed E-state index contributed by atoms with van der Waals surface area (Å²) in [5.74, 6) is -0.426. The SMILES string of the molecule is CCN(Cc1ccccc1-c1cc(C(F)(F)F)nc(N)c1N)C(=O)O. The predicted molar refractivity (Wildman–Crippen MR) is 87.6 cm³/mol.